The normalized spacial score (nSPS) is 14.7. The van der Waals surface area contributed by atoms with E-state index >= 15 is 0 Å². The predicted molar refractivity (Wildman–Crippen MR) is 109 cm³/mol. The fourth-order valence-corrected chi connectivity index (χ4v) is 2.53. The molecule has 2 aromatic rings. The molecule has 0 aliphatic carbocycles. The highest BCUT2D eigenvalue weighted by Crippen LogP contribution is 2.10. The van der Waals surface area contributed by atoms with Crippen LogP contribution in [-0.2, 0) is 6.54 Å². The fourth-order valence-electron chi connectivity index (χ4n) is 2.53. The summed E-state index contributed by atoms with van der Waals surface area (Å²) in [5, 5.41) is 0. The zero-order valence-electron chi connectivity index (χ0n) is 14.2. The fraction of sp³-hybridized carbons (Fsp3) is 0.312. The van der Waals surface area contributed by atoms with E-state index in [1.54, 1.807) is 36.8 Å². The van der Waals surface area contributed by atoms with Crippen molar-refractivity contribution in [2.45, 2.75) is 6.54 Å². The third-order valence-corrected chi connectivity index (χ3v) is 3.94. The van der Waals surface area contributed by atoms with Gasteiger partial charge in [0.25, 0.3) is 5.91 Å². The van der Waals surface area contributed by atoms with Gasteiger partial charge in [-0.05, 0) is 17.7 Å². The summed E-state index contributed by atoms with van der Waals surface area (Å²) in [7, 11) is 0. The molecule has 1 fully saturated rings. The summed E-state index contributed by atoms with van der Waals surface area (Å²) in [4.78, 5) is 32.1. The maximum atomic E-state index is 11.0. The third kappa shape index (κ3) is 5.00. The Hall–Kier alpha value is -2.50. The Morgan fingerprint density at radius 1 is 1.08 bits per heavy atom. The number of guanidine groups is 1. The van der Waals surface area contributed by atoms with Gasteiger partial charge in [-0.2, -0.15) is 0 Å². The highest BCUT2D eigenvalue weighted by Gasteiger charge is 2.19. The number of carbonyl (C=O) groups excluding carboxylic acids is 1. The van der Waals surface area contributed by atoms with Crippen molar-refractivity contribution in [2.75, 3.05) is 31.1 Å². The summed E-state index contributed by atoms with van der Waals surface area (Å²) in [6, 6.07) is 5.16. The van der Waals surface area contributed by atoms with Crippen LogP contribution in [0.3, 0.4) is 0 Å². The number of carbonyl (C=O) groups is 1. The maximum Gasteiger partial charge on any atom is 0.267 e. The van der Waals surface area contributed by atoms with Crippen LogP contribution in [0.25, 0.3) is 0 Å². The number of pyridine rings is 1. The van der Waals surface area contributed by atoms with Crippen molar-refractivity contribution in [3.63, 3.8) is 0 Å². The standard InChI is InChI=1S/C16H20N8O.HI/c17-14(25)13-3-2-12(10-21-13)11-22-15(18)23-6-8-24(9-7-23)16-19-4-1-5-20-16;/h1-5,10H,6-9,11H2,(H2,17,25)(H2,18,22);1H. The minimum Gasteiger partial charge on any atom is -0.370 e. The van der Waals surface area contributed by atoms with Gasteiger partial charge in [0.15, 0.2) is 5.96 Å². The summed E-state index contributed by atoms with van der Waals surface area (Å²) < 4.78 is 0. The lowest BCUT2D eigenvalue weighted by Gasteiger charge is -2.35. The molecular weight excluding hydrogens is 447 g/mol. The van der Waals surface area contributed by atoms with Crippen LogP contribution >= 0.6 is 24.0 Å². The second-order valence-corrected chi connectivity index (χ2v) is 5.61. The zero-order chi connectivity index (χ0) is 17.6. The van der Waals surface area contributed by atoms with E-state index < -0.39 is 5.91 Å². The first-order valence-electron chi connectivity index (χ1n) is 7.95. The van der Waals surface area contributed by atoms with Crippen molar-refractivity contribution in [1.82, 2.24) is 19.9 Å². The Morgan fingerprint density at radius 3 is 2.35 bits per heavy atom. The first kappa shape index (κ1) is 19.8. The molecule has 1 aliphatic heterocycles. The Balaban J connectivity index is 0.00000243. The molecule has 0 atom stereocenters. The van der Waals surface area contributed by atoms with E-state index in [-0.39, 0.29) is 29.7 Å². The average Bonchev–Trinajstić information content (AvgIpc) is 2.67. The number of piperazine rings is 1. The SMILES string of the molecule is I.NC(=O)c1ccc(CN=C(N)N2CCN(c3ncccn3)CC2)cn1. The van der Waals surface area contributed by atoms with E-state index in [4.69, 9.17) is 11.5 Å². The molecular formula is C16H21IN8O. The average molecular weight is 468 g/mol. The summed E-state index contributed by atoms with van der Waals surface area (Å²) in [6.07, 6.45) is 5.06. The van der Waals surface area contributed by atoms with E-state index in [0.29, 0.717) is 12.5 Å². The molecule has 1 aliphatic rings. The van der Waals surface area contributed by atoms with Crippen molar-refractivity contribution in [2.24, 2.45) is 16.5 Å². The number of anilines is 1. The third-order valence-electron chi connectivity index (χ3n) is 3.94. The van der Waals surface area contributed by atoms with Crippen LogP contribution in [0.1, 0.15) is 16.1 Å². The number of nitrogens with zero attached hydrogens (tertiary/aromatic N) is 6. The van der Waals surface area contributed by atoms with Crippen molar-refractivity contribution >= 4 is 41.8 Å². The van der Waals surface area contributed by atoms with Gasteiger partial charge in [0.05, 0.1) is 6.54 Å². The molecule has 0 radical (unpaired) electrons. The van der Waals surface area contributed by atoms with Crippen LogP contribution in [-0.4, -0.2) is 57.9 Å². The van der Waals surface area contributed by atoms with Crippen LogP contribution in [0.5, 0.6) is 0 Å². The largest absolute Gasteiger partial charge is 0.370 e. The molecule has 1 saturated heterocycles. The number of hydrogen-bond donors (Lipinski definition) is 2. The molecule has 26 heavy (non-hydrogen) atoms. The monoisotopic (exact) mass is 468 g/mol. The number of halogens is 1. The Kier molecular flexibility index (Phi) is 7.06. The van der Waals surface area contributed by atoms with Gasteiger partial charge in [-0.3, -0.25) is 9.78 Å². The first-order valence-corrected chi connectivity index (χ1v) is 7.95. The lowest BCUT2D eigenvalue weighted by molar-refractivity contribution is 0.0995. The molecule has 1 amide bonds. The number of primary amides is 1. The number of amides is 1. The molecule has 0 aromatic carbocycles. The highest BCUT2D eigenvalue weighted by atomic mass is 127. The lowest BCUT2D eigenvalue weighted by Crippen LogP contribution is -2.51. The second kappa shape index (κ2) is 9.27. The number of aromatic nitrogens is 3. The Labute approximate surface area is 168 Å². The van der Waals surface area contributed by atoms with Crippen LogP contribution in [0.2, 0.25) is 0 Å². The first-order chi connectivity index (χ1) is 12.1. The smallest absolute Gasteiger partial charge is 0.267 e. The van der Waals surface area contributed by atoms with Crippen molar-refractivity contribution in [3.05, 3.63) is 48.0 Å². The van der Waals surface area contributed by atoms with Gasteiger partial charge in [0.1, 0.15) is 5.69 Å². The summed E-state index contributed by atoms with van der Waals surface area (Å²) >= 11 is 0. The molecule has 0 saturated carbocycles. The molecule has 0 bridgehead atoms. The molecule has 0 spiro atoms. The number of aliphatic imine (C=N–C) groups is 1. The van der Waals surface area contributed by atoms with Crippen LogP contribution < -0.4 is 16.4 Å². The van der Waals surface area contributed by atoms with E-state index in [2.05, 4.69) is 24.8 Å². The van der Waals surface area contributed by atoms with E-state index in [9.17, 15) is 4.79 Å². The van der Waals surface area contributed by atoms with Crippen LogP contribution in [0, 0.1) is 0 Å². The van der Waals surface area contributed by atoms with Crippen molar-refractivity contribution in [3.8, 4) is 0 Å². The molecule has 9 nitrogen and oxygen atoms in total. The predicted octanol–water partition coefficient (Wildman–Crippen LogP) is 0.225. The topological polar surface area (TPSA) is 127 Å². The van der Waals surface area contributed by atoms with Gasteiger partial charge in [0, 0.05) is 44.8 Å². The Morgan fingerprint density at radius 2 is 1.77 bits per heavy atom. The van der Waals surface area contributed by atoms with Gasteiger partial charge in [-0.15, -0.1) is 24.0 Å². The van der Waals surface area contributed by atoms with Crippen molar-refractivity contribution in [1.29, 1.82) is 0 Å². The zero-order valence-corrected chi connectivity index (χ0v) is 16.5. The molecule has 2 aromatic heterocycles. The minimum absolute atomic E-state index is 0. The van der Waals surface area contributed by atoms with Gasteiger partial charge in [-0.25, -0.2) is 15.0 Å². The molecule has 138 valence electrons. The maximum absolute atomic E-state index is 11.0. The summed E-state index contributed by atoms with van der Waals surface area (Å²) in [5.74, 6) is 0.681. The van der Waals surface area contributed by atoms with Crippen molar-refractivity contribution < 1.29 is 4.79 Å². The van der Waals surface area contributed by atoms with Crippen LogP contribution in [0.4, 0.5) is 5.95 Å². The van der Waals surface area contributed by atoms with E-state index in [1.807, 2.05) is 4.90 Å². The summed E-state index contributed by atoms with van der Waals surface area (Å²) in [5.41, 5.74) is 12.4. The minimum atomic E-state index is -0.546. The molecule has 10 heteroatoms. The van der Waals surface area contributed by atoms with Gasteiger partial charge in [-0.1, -0.05) is 6.07 Å². The Bertz CT molecular complexity index is 745. The second-order valence-electron chi connectivity index (χ2n) is 5.61. The quantitative estimate of drug-likeness (QED) is 0.374. The molecule has 4 N–H and O–H groups in total. The van der Waals surface area contributed by atoms with E-state index in [0.717, 1.165) is 37.7 Å². The van der Waals surface area contributed by atoms with Gasteiger partial charge < -0.3 is 21.3 Å². The van der Waals surface area contributed by atoms with E-state index in [1.165, 1.54) is 0 Å². The lowest BCUT2D eigenvalue weighted by atomic mass is 10.2. The number of hydrogen-bond acceptors (Lipinski definition) is 6. The molecule has 3 heterocycles. The number of rotatable bonds is 4. The van der Waals surface area contributed by atoms with Crippen LogP contribution in [0.15, 0.2) is 41.8 Å². The summed E-state index contributed by atoms with van der Waals surface area (Å²) in [6.45, 7) is 3.49. The number of nitrogens with two attached hydrogens (primary N) is 2. The van der Waals surface area contributed by atoms with Gasteiger partial charge in [0.2, 0.25) is 5.95 Å². The highest BCUT2D eigenvalue weighted by molar-refractivity contribution is 14.0. The van der Waals surface area contributed by atoms with Gasteiger partial charge >= 0.3 is 0 Å². The molecule has 0 unspecified atom stereocenters. The molecule has 3 rings (SSSR count).